The molecule has 9 nitrogen and oxygen atoms in total. The number of carbonyl (C=O) groups is 1. The van der Waals surface area contributed by atoms with Crippen LogP contribution >= 0.6 is 0 Å². The topological polar surface area (TPSA) is 137 Å². The molecule has 46 heavy (non-hydrogen) atoms. The molecule has 2 saturated heterocycles. The van der Waals surface area contributed by atoms with Crippen LogP contribution in [0.15, 0.2) is 63.8 Å². The summed E-state index contributed by atoms with van der Waals surface area (Å²) in [6.07, 6.45) is 3.00. The molecule has 0 saturated carbocycles. The fraction of sp³-hybridized carbons (Fsp3) is 0.378. The van der Waals surface area contributed by atoms with Crippen molar-refractivity contribution in [1.29, 1.82) is 0 Å². The fourth-order valence-corrected chi connectivity index (χ4v) is 7.88. The molecule has 2 fully saturated rings. The van der Waals surface area contributed by atoms with Crippen LogP contribution in [0.5, 0.6) is 11.5 Å². The number of epoxide rings is 1. The van der Waals surface area contributed by atoms with Crippen molar-refractivity contribution < 1.29 is 28.5 Å². The highest BCUT2D eigenvalue weighted by molar-refractivity contribution is 6.06. The summed E-state index contributed by atoms with van der Waals surface area (Å²) in [5, 5.41) is 14.7. The van der Waals surface area contributed by atoms with Crippen molar-refractivity contribution in [2.45, 2.75) is 88.6 Å². The number of carbonyl (C=O) groups excluding carboxylic acids is 1. The average molecular weight is 621 g/mol. The first-order chi connectivity index (χ1) is 22.1. The number of benzene rings is 3. The number of ether oxygens (including phenoxy) is 3. The van der Waals surface area contributed by atoms with Crippen molar-refractivity contribution in [3.63, 3.8) is 0 Å². The number of fused-ring (bicyclic) bond motifs is 7. The molecule has 1 spiro atoms. The van der Waals surface area contributed by atoms with E-state index >= 15 is 0 Å². The number of nitrogens with zero attached hydrogens (tertiary/aromatic N) is 1. The van der Waals surface area contributed by atoms with E-state index in [4.69, 9.17) is 24.4 Å². The van der Waals surface area contributed by atoms with Crippen LogP contribution in [0.1, 0.15) is 68.8 Å². The maximum atomic E-state index is 14.0. The molecule has 4 atom stereocenters. The van der Waals surface area contributed by atoms with Crippen molar-refractivity contribution in [2.24, 2.45) is 0 Å². The molecule has 5 aromatic rings. The Morgan fingerprint density at radius 2 is 1.87 bits per heavy atom. The number of phenols is 1. The molecule has 9 heteroatoms. The van der Waals surface area contributed by atoms with Gasteiger partial charge in [0.15, 0.2) is 11.0 Å². The summed E-state index contributed by atoms with van der Waals surface area (Å²) < 4.78 is 24.7. The van der Waals surface area contributed by atoms with Crippen LogP contribution in [0, 0.1) is 6.92 Å². The van der Waals surface area contributed by atoms with E-state index in [-0.39, 0.29) is 34.2 Å². The molecule has 3 N–H and O–H groups in total. The lowest BCUT2D eigenvalue weighted by atomic mass is 9.77. The number of phenolic OH excluding ortho intramolecular Hbond substituents is 1. The lowest BCUT2D eigenvalue weighted by Gasteiger charge is -2.44. The van der Waals surface area contributed by atoms with Gasteiger partial charge in [0.05, 0.1) is 11.6 Å². The van der Waals surface area contributed by atoms with Crippen molar-refractivity contribution in [1.82, 2.24) is 4.98 Å². The predicted octanol–water partition coefficient (Wildman–Crippen LogP) is 6.60. The first-order valence-electron chi connectivity index (χ1n) is 16.0. The van der Waals surface area contributed by atoms with Crippen molar-refractivity contribution in [3.8, 4) is 11.5 Å². The van der Waals surface area contributed by atoms with Crippen LogP contribution in [-0.4, -0.2) is 39.5 Å². The Kier molecular flexibility index (Phi) is 6.38. The van der Waals surface area contributed by atoms with Gasteiger partial charge in [-0.1, -0.05) is 42.8 Å². The number of aromatic hydroxyl groups is 1. The van der Waals surface area contributed by atoms with Gasteiger partial charge in [-0.15, -0.1) is 0 Å². The second-order valence-electron chi connectivity index (χ2n) is 13.5. The number of aromatic nitrogens is 1. The van der Waals surface area contributed by atoms with E-state index in [2.05, 4.69) is 29.2 Å². The van der Waals surface area contributed by atoms with Gasteiger partial charge < -0.3 is 29.5 Å². The summed E-state index contributed by atoms with van der Waals surface area (Å²) in [5.74, 6) is 0.388. The number of nitrogens with two attached hydrogens (primary N) is 1. The molecule has 0 radical (unpaired) electrons. The van der Waals surface area contributed by atoms with Gasteiger partial charge >= 0.3 is 5.97 Å². The third kappa shape index (κ3) is 4.43. The van der Waals surface area contributed by atoms with Crippen LogP contribution in [0.25, 0.3) is 32.6 Å². The van der Waals surface area contributed by atoms with Gasteiger partial charge in [-0.25, -0.2) is 9.78 Å². The Bertz CT molecular complexity index is 2140. The van der Waals surface area contributed by atoms with Crippen LogP contribution in [0.2, 0.25) is 0 Å². The van der Waals surface area contributed by atoms with Crippen LogP contribution in [0.3, 0.4) is 0 Å². The minimum Gasteiger partial charge on any atom is -0.507 e. The predicted molar refractivity (Wildman–Crippen MR) is 174 cm³/mol. The van der Waals surface area contributed by atoms with Crippen molar-refractivity contribution >= 4 is 44.4 Å². The molecule has 3 aliphatic rings. The number of pyridine rings is 1. The van der Waals surface area contributed by atoms with Gasteiger partial charge in [0.1, 0.15) is 45.8 Å². The van der Waals surface area contributed by atoms with Crippen molar-refractivity contribution in [2.75, 3.05) is 5.73 Å². The fourth-order valence-electron chi connectivity index (χ4n) is 7.88. The monoisotopic (exact) mass is 620 g/mol. The highest BCUT2D eigenvalue weighted by atomic mass is 16.7. The van der Waals surface area contributed by atoms with Gasteiger partial charge in [0, 0.05) is 34.4 Å². The maximum absolute atomic E-state index is 14.0. The highest BCUT2D eigenvalue weighted by Gasteiger charge is 2.64. The van der Waals surface area contributed by atoms with Gasteiger partial charge in [0.2, 0.25) is 0 Å². The van der Waals surface area contributed by atoms with Gasteiger partial charge in [-0.2, -0.15) is 0 Å². The smallest absolute Gasteiger partial charge is 0.341 e. The van der Waals surface area contributed by atoms with Crippen molar-refractivity contribution in [3.05, 3.63) is 81.7 Å². The normalized spacial score (nSPS) is 25.3. The van der Waals surface area contributed by atoms with Gasteiger partial charge in [-0.05, 0) is 69.9 Å². The zero-order chi connectivity index (χ0) is 32.0. The largest absolute Gasteiger partial charge is 0.507 e. The average Bonchev–Trinajstić information content (AvgIpc) is 3.71. The number of hydrogen-bond acceptors (Lipinski definition) is 9. The van der Waals surface area contributed by atoms with Crippen LogP contribution in [-0.2, 0) is 20.7 Å². The molecular formula is C37H36N2O7. The number of aryl methyl sites for hydroxylation is 2. The molecular weight excluding hydrogens is 584 g/mol. The molecule has 3 aliphatic heterocycles. The third-order valence-corrected chi connectivity index (χ3v) is 10.1. The summed E-state index contributed by atoms with van der Waals surface area (Å²) in [4.78, 5) is 31.6. The van der Waals surface area contributed by atoms with Crippen LogP contribution in [0.4, 0.5) is 5.82 Å². The molecule has 236 valence electrons. The van der Waals surface area contributed by atoms with Gasteiger partial charge in [0.25, 0.3) is 0 Å². The van der Waals surface area contributed by atoms with E-state index in [0.717, 1.165) is 40.1 Å². The summed E-state index contributed by atoms with van der Waals surface area (Å²) in [7, 11) is 0. The molecule has 0 bridgehead atoms. The number of hydrogen-bond donors (Lipinski definition) is 2. The van der Waals surface area contributed by atoms with E-state index in [1.807, 2.05) is 32.0 Å². The molecule has 0 amide bonds. The molecule has 5 heterocycles. The quantitative estimate of drug-likeness (QED) is 0.130. The van der Waals surface area contributed by atoms with E-state index in [1.165, 1.54) is 6.07 Å². The summed E-state index contributed by atoms with van der Waals surface area (Å²) in [6.45, 7) is 5.45. The highest BCUT2D eigenvalue weighted by Crippen LogP contribution is 2.53. The second-order valence-corrected chi connectivity index (χ2v) is 13.5. The Morgan fingerprint density at radius 1 is 1.04 bits per heavy atom. The molecule has 0 unspecified atom stereocenters. The minimum absolute atomic E-state index is 0.108. The number of rotatable bonds is 3. The Hall–Kier alpha value is -4.63. The standard InChI is InChI=1S/C37H36N2O7/c1-19-16-25(40)31-26(43-19)18-27-30(33(31)41)24-10-6-7-15-37(35(42)44-34(24)36(2,3)45-27)28(46-37)14-12-21-17-29(38)39-32-22-9-5-4-8-20(22)11-13-23(21)32/h4-5,8-9,11,13,16-18,24,28,34,41H,6-7,10,12,14-15H2,1-3H3,(H2,38,39)/t24-,28+,34+,37-/m0/s1. The molecule has 8 rings (SSSR count). The lowest BCUT2D eigenvalue weighted by molar-refractivity contribution is -0.170. The molecule has 0 aliphatic carbocycles. The number of anilines is 1. The Balaban J connectivity index is 1.08. The Labute approximate surface area is 265 Å². The molecule has 3 aromatic carbocycles. The zero-order valence-electron chi connectivity index (χ0n) is 26.1. The summed E-state index contributed by atoms with van der Waals surface area (Å²) in [5.41, 5.74) is 6.68. The maximum Gasteiger partial charge on any atom is 0.341 e. The van der Waals surface area contributed by atoms with Gasteiger partial charge in [-0.3, -0.25) is 4.79 Å². The first-order valence-corrected chi connectivity index (χ1v) is 16.0. The van der Waals surface area contributed by atoms with E-state index in [1.54, 1.807) is 13.0 Å². The van der Waals surface area contributed by atoms with E-state index in [9.17, 15) is 14.7 Å². The lowest BCUT2D eigenvalue weighted by Crippen LogP contribution is -2.52. The third-order valence-electron chi connectivity index (χ3n) is 10.1. The SMILES string of the molecule is Cc1cc(=O)c2c(O)c3c(cc2o1)OC(C)(C)[C@@H]1OC(=O)[C@@]2(CCCC[C@@H]31)O[C@@H]2CCc1cc(N)nc2c1ccc1ccccc12. The number of esters is 1. The summed E-state index contributed by atoms with van der Waals surface area (Å²) in [6, 6.07) is 17.3. The Morgan fingerprint density at radius 3 is 2.72 bits per heavy atom. The second kappa shape index (κ2) is 10.2. The minimum atomic E-state index is -1.03. The number of nitrogen functional groups attached to an aromatic ring is 1. The van der Waals surface area contributed by atoms with E-state index < -0.39 is 23.3 Å². The summed E-state index contributed by atoms with van der Waals surface area (Å²) >= 11 is 0. The first kappa shape index (κ1) is 28.8. The van der Waals surface area contributed by atoms with Crippen LogP contribution < -0.4 is 15.9 Å². The zero-order valence-corrected chi connectivity index (χ0v) is 26.1. The van der Waals surface area contributed by atoms with E-state index in [0.29, 0.717) is 48.6 Å². The molecule has 2 aromatic heterocycles.